The fourth-order valence-electron chi connectivity index (χ4n) is 2.01. The highest BCUT2D eigenvalue weighted by atomic mass is 127. The Bertz CT molecular complexity index is 822. The van der Waals surface area contributed by atoms with Gasteiger partial charge in [-0.3, -0.25) is 0 Å². The number of hydrogen-bond acceptors (Lipinski definition) is 4. The van der Waals surface area contributed by atoms with Crippen LogP contribution in [0.1, 0.15) is 32.0 Å². The fourth-order valence-corrected chi connectivity index (χ4v) is 3.39. The molecule has 2 rings (SSSR count). The summed E-state index contributed by atoms with van der Waals surface area (Å²) in [5.74, 6) is -0.928. The predicted molar refractivity (Wildman–Crippen MR) is 86.5 cm³/mol. The molecule has 2 aromatic rings. The van der Waals surface area contributed by atoms with Gasteiger partial charge in [-0.2, -0.15) is 5.26 Å². The average molecular weight is 414 g/mol. The highest BCUT2D eigenvalue weighted by molar-refractivity contribution is 14.1. The maximum atomic E-state index is 13.8. The highest BCUT2D eigenvalue weighted by Crippen LogP contribution is 2.36. The first kappa shape index (κ1) is 16.4. The van der Waals surface area contributed by atoms with Crippen molar-refractivity contribution in [3.63, 3.8) is 0 Å². The Morgan fingerprint density at radius 3 is 2.55 bits per heavy atom. The normalized spacial score (nSPS) is 11.3. The third kappa shape index (κ3) is 2.97. The number of fused-ring (bicyclic) bond motifs is 1. The van der Waals surface area contributed by atoms with Crippen molar-refractivity contribution >= 4 is 39.5 Å². The summed E-state index contributed by atoms with van der Waals surface area (Å²) in [5, 5.41) is 18.6. The summed E-state index contributed by atoms with van der Waals surface area (Å²) in [7, 11) is 0. The molecule has 0 amide bonds. The summed E-state index contributed by atoms with van der Waals surface area (Å²) in [4.78, 5) is 15.1. The molecule has 0 aliphatic heterocycles. The third-order valence-corrected chi connectivity index (χ3v) is 4.10. The number of nitrogens with zero attached hydrogens (tertiary/aromatic N) is 2. The number of carboxylic acid groups (broad SMARTS) is 1. The number of benzene rings is 1. The number of halogens is 2. The van der Waals surface area contributed by atoms with Gasteiger partial charge in [0.15, 0.2) is 0 Å². The molecule has 1 heterocycles. The van der Waals surface area contributed by atoms with E-state index in [1.54, 1.807) is 6.07 Å². The first-order chi connectivity index (χ1) is 10.1. The lowest BCUT2D eigenvalue weighted by atomic mass is 9.90. The third-order valence-electron chi connectivity index (χ3n) is 3.01. The maximum Gasteiger partial charge on any atom is 0.512 e. The zero-order chi connectivity index (χ0) is 16.7. The number of carbonyl (C=O) groups is 1. The molecule has 0 saturated carbocycles. The SMILES string of the molecule is CC(C)(C)c1nc(OC(=O)O)c2cc(F)c(C#N)cc2c1I. The van der Waals surface area contributed by atoms with Crippen LogP contribution in [0.5, 0.6) is 5.88 Å². The Morgan fingerprint density at radius 1 is 1.41 bits per heavy atom. The van der Waals surface area contributed by atoms with E-state index in [1.165, 1.54) is 6.07 Å². The van der Waals surface area contributed by atoms with Gasteiger partial charge in [0, 0.05) is 19.8 Å². The minimum atomic E-state index is -1.53. The zero-order valence-corrected chi connectivity index (χ0v) is 14.2. The molecule has 0 bridgehead atoms. The summed E-state index contributed by atoms with van der Waals surface area (Å²) >= 11 is 2.06. The van der Waals surface area contributed by atoms with E-state index in [0.29, 0.717) is 11.1 Å². The molecule has 0 unspecified atom stereocenters. The Morgan fingerprint density at radius 2 is 2.05 bits per heavy atom. The van der Waals surface area contributed by atoms with Crippen LogP contribution in [0.2, 0.25) is 0 Å². The number of hydrogen-bond donors (Lipinski definition) is 1. The van der Waals surface area contributed by atoms with E-state index in [2.05, 4.69) is 27.6 Å². The number of nitriles is 1. The Balaban J connectivity index is 2.92. The molecular formula is C15H12FIN2O3. The molecule has 0 fully saturated rings. The van der Waals surface area contributed by atoms with Gasteiger partial charge in [-0.1, -0.05) is 20.8 Å². The van der Waals surface area contributed by atoms with E-state index in [-0.39, 0.29) is 22.2 Å². The van der Waals surface area contributed by atoms with Gasteiger partial charge in [0.1, 0.15) is 11.9 Å². The molecule has 7 heteroatoms. The van der Waals surface area contributed by atoms with Crippen molar-refractivity contribution in [3.8, 4) is 11.9 Å². The van der Waals surface area contributed by atoms with E-state index in [9.17, 15) is 9.18 Å². The summed E-state index contributed by atoms with van der Waals surface area (Å²) in [6.45, 7) is 5.76. The molecule has 22 heavy (non-hydrogen) atoms. The van der Waals surface area contributed by atoms with Gasteiger partial charge < -0.3 is 9.84 Å². The molecule has 0 aliphatic carbocycles. The number of ether oxygens (including phenoxy) is 1. The molecule has 0 saturated heterocycles. The monoisotopic (exact) mass is 414 g/mol. The van der Waals surface area contributed by atoms with Gasteiger partial charge in [-0.05, 0) is 34.7 Å². The van der Waals surface area contributed by atoms with Crippen LogP contribution >= 0.6 is 22.6 Å². The van der Waals surface area contributed by atoms with Gasteiger partial charge in [0.2, 0.25) is 5.88 Å². The minimum absolute atomic E-state index is 0.113. The largest absolute Gasteiger partial charge is 0.512 e. The molecule has 1 aromatic carbocycles. The van der Waals surface area contributed by atoms with Gasteiger partial charge >= 0.3 is 6.16 Å². The van der Waals surface area contributed by atoms with E-state index < -0.39 is 12.0 Å². The van der Waals surface area contributed by atoms with Crippen LogP contribution in [-0.4, -0.2) is 16.2 Å². The second-order valence-electron chi connectivity index (χ2n) is 5.69. The molecule has 0 aliphatic rings. The molecule has 0 spiro atoms. The van der Waals surface area contributed by atoms with E-state index >= 15 is 0 Å². The van der Waals surface area contributed by atoms with Gasteiger partial charge in [-0.25, -0.2) is 14.2 Å². The summed E-state index contributed by atoms with van der Waals surface area (Å²) in [5.41, 5.74) is 0.132. The molecule has 1 N–H and O–H groups in total. The lowest BCUT2D eigenvalue weighted by Gasteiger charge is -2.21. The van der Waals surface area contributed by atoms with E-state index in [0.717, 1.165) is 9.64 Å². The van der Waals surface area contributed by atoms with Crippen molar-refractivity contribution in [2.24, 2.45) is 0 Å². The van der Waals surface area contributed by atoms with Crippen molar-refractivity contribution in [2.75, 3.05) is 0 Å². The van der Waals surface area contributed by atoms with Gasteiger partial charge in [0.25, 0.3) is 0 Å². The topological polar surface area (TPSA) is 83.2 Å². The molecule has 1 aromatic heterocycles. The molecule has 0 atom stereocenters. The second-order valence-corrected chi connectivity index (χ2v) is 6.77. The quantitative estimate of drug-likeness (QED) is 0.559. The average Bonchev–Trinajstić information content (AvgIpc) is 2.39. The summed E-state index contributed by atoms with van der Waals surface area (Å²) in [6.07, 6.45) is -1.53. The van der Waals surface area contributed by atoms with Crippen LogP contribution in [-0.2, 0) is 5.41 Å². The van der Waals surface area contributed by atoms with Crippen LogP contribution < -0.4 is 4.74 Å². The second kappa shape index (κ2) is 5.68. The number of aromatic nitrogens is 1. The number of pyridine rings is 1. The zero-order valence-electron chi connectivity index (χ0n) is 12.1. The Hall–Kier alpha value is -1.95. The standard InChI is InChI=1S/C15H12FIN2O3/c1-15(2,3)12-11(17)8-4-7(6-18)10(16)5-9(8)13(19-12)22-14(20)21/h4-5H,1-3H3,(H,20,21). The predicted octanol–water partition coefficient (Wildman–Crippen LogP) is 4.20. The fraction of sp³-hybridized carbons (Fsp3) is 0.267. The van der Waals surface area contributed by atoms with Gasteiger partial charge in [0.05, 0.1) is 11.3 Å². The van der Waals surface area contributed by atoms with Crippen LogP contribution in [0, 0.1) is 20.7 Å². The van der Waals surface area contributed by atoms with Crippen molar-refractivity contribution < 1.29 is 19.0 Å². The maximum absolute atomic E-state index is 13.8. The van der Waals surface area contributed by atoms with Crippen molar-refractivity contribution in [1.82, 2.24) is 4.98 Å². The first-order valence-corrected chi connectivity index (χ1v) is 7.37. The van der Waals surface area contributed by atoms with Gasteiger partial charge in [-0.15, -0.1) is 0 Å². The Labute approximate surface area is 139 Å². The van der Waals surface area contributed by atoms with Crippen LogP contribution in [0.25, 0.3) is 10.8 Å². The van der Waals surface area contributed by atoms with E-state index in [4.69, 9.17) is 15.1 Å². The lowest BCUT2D eigenvalue weighted by Crippen LogP contribution is -2.18. The van der Waals surface area contributed by atoms with E-state index in [1.807, 2.05) is 20.8 Å². The lowest BCUT2D eigenvalue weighted by molar-refractivity contribution is 0.143. The molecular weight excluding hydrogens is 402 g/mol. The minimum Gasteiger partial charge on any atom is -0.449 e. The van der Waals surface area contributed by atoms with Crippen LogP contribution in [0.3, 0.4) is 0 Å². The molecule has 114 valence electrons. The number of rotatable bonds is 1. The molecule has 0 radical (unpaired) electrons. The molecule has 5 nitrogen and oxygen atoms in total. The smallest absolute Gasteiger partial charge is 0.449 e. The van der Waals surface area contributed by atoms with Crippen LogP contribution in [0.15, 0.2) is 12.1 Å². The van der Waals surface area contributed by atoms with Crippen molar-refractivity contribution in [3.05, 3.63) is 32.8 Å². The highest BCUT2D eigenvalue weighted by Gasteiger charge is 2.25. The summed E-state index contributed by atoms with van der Waals surface area (Å²) < 4.78 is 19.3. The summed E-state index contributed by atoms with van der Waals surface area (Å²) in [6, 6.07) is 4.24. The first-order valence-electron chi connectivity index (χ1n) is 6.29. The van der Waals surface area contributed by atoms with Crippen molar-refractivity contribution in [2.45, 2.75) is 26.2 Å². The van der Waals surface area contributed by atoms with Crippen LogP contribution in [0.4, 0.5) is 9.18 Å². The Kier molecular flexibility index (Phi) is 4.24. The van der Waals surface area contributed by atoms with Crippen molar-refractivity contribution in [1.29, 1.82) is 5.26 Å².